The molecule has 1 aliphatic heterocycles. The van der Waals surface area contributed by atoms with E-state index in [1.807, 2.05) is 12.1 Å². The van der Waals surface area contributed by atoms with Crippen LogP contribution in [0.4, 0.5) is 0 Å². The third-order valence-corrected chi connectivity index (χ3v) is 3.54. The van der Waals surface area contributed by atoms with Crippen LogP contribution in [0, 0.1) is 0 Å². The standard InChI is InChI=1S/C13H21NO2/c1-11(2)14-7-5-13(15,6-8-14)10-12-4-3-9-16-12/h3-4,9,11,15H,5-8,10H2,1-2H3. The van der Waals surface area contributed by atoms with Crippen molar-refractivity contribution in [2.45, 2.75) is 44.8 Å². The summed E-state index contributed by atoms with van der Waals surface area (Å²) in [5, 5.41) is 10.5. The molecule has 0 spiro atoms. The molecule has 0 atom stereocenters. The van der Waals surface area contributed by atoms with Gasteiger partial charge in [0, 0.05) is 25.6 Å². The molecule has 1 aromatic rings. The van der Waals surface area contributed by atoms with E-state index in [2.05, 4.69) is 18.7 Å². The van der Waals surface area contributed by atoms with Crippen LogP contribution in [0.5, 0.6) is 0 Å². The quantitative estimate of drug-likeness (QED) is 0.852. The lowest BCUT2D eigenvalue weighted by atomic mass is 9.87. The first kappa shape index (κ1) is 11.7. The van der Waals surface area contributed by atoms with Crippen molar-refractivity contribution in [2.75, 3.05) is 13.1 Å². The monoisotopic (exact) mass is 223 g/mol. The minimum atomic E-state index is -0.566. The van der Waals surface area contributed by atoms with Gasteiger partial charge in [-0.15, -0.1) is 0 Å². The maximum Gasteiger partial charge on any atom is 0.106 e. The van der Waals surface area contributed by atoms with Gasteiger partial charge >= 0.3 is 0 Å². The zero-order valence-corrected chi connectivity index (χ0v) is 10.1. The van der Waals surface area contributed by atoms with Gasteiger partial charge in [-0.3, -0.25) is 0 Å². The summed E-state index contributed by atoms with van der Waals surface area (Å²) < 4.78 is 5.30. The summed E-state index contributed by atoms with van der Waals surface area (Å²) in [5.41, 5.74) is -0.566. The van der Waals surface area contributed by atoms with Crippen molar-refractivity contribution < 1.29 is 9.52 Å². The SMILES string of the molecule is CC(C)N1CCC(O)(Cc2ccco2)CC1. The maximum absolute atomic E-state index is 10.5. The second-order valence-electron chi connectivity index (χ2n) is 5.11. The number of hydrogen-bond acceptors (Lipinski definition) is 3. The number of likely N-dealkylation sites (tertiary alicyclic amines) is 1. The Morgan fingerprint density at radius 3 is 2.62 bits per heavy atom. The molecule has 0 unspecified atom stereocenters. The molecule has 1 fully saturated rings. The van der Waals surface area contributed by atoms with Crippen molar-refractivity contribution in [1.29, 1.82) is 0 Å². The maximum atomic E-state index is 10.5. The van der Waals surface area contributed by atoms with E-state index in [4.69, 9.17) is 4.42 Å². The van der Waals surface area contributed by atoms with Crippen molar-refractivity contribution in [3.05, 3.63) is 24.2 Å². The second-order valence-corrected chi connectivity index (χ2v) is 5.11. The average Bonchev–Trinajstić information content (AvgIpc) is 2.70. The summed E-state index contributed by atoms with van der Waals surface area (Å²) in [6.45, 7) is 6.37. The Morgan fingerprint density at radius 2 is 2.12 bits per heavy atom. The fraction of sp³-hybridized carbons (Fsp3) is 0.692. The molecule has 90 valence electrons. The largest absolute Gasteiger partial charge is 0.469 e. The highest BCUT2D eigenvalue weighted by molar-refractivity contribution is 5.04. The number of rotatable bonds is 3. The summed E-state index contributed by atoms with van der Waals surface area (Å²) in [6, 6.07) is 4.39. The smallest absolute Gasteiger partial charge is 0.106 e. The molecular weight excluding hydrogens is 202 g/mol. The molecular formula is C13H21NO2. The number of piperidine rings is 1. The average molecular weight is 223 g/mol. The molecule has 1 N–H and O–H groups in total. The van der Waals surface area contributed by atoms with Gasteiger partial charge in [0.1, 0.15) is 5.76 Å². The molecule has 0 saturated carbocycles. The van der Waals surface area contributed by atoms with E-state index in [9.17, 15) is 5.11 Å². The predicted molar refractivity (Wildman–Crippen MR) is 63.3 cm³/mol. The van der Waals surface area contributed by atoms with Crippen molar-refractivity contribution in [3.8, 4) is 0 Å². The fourth-order valence-corrected chi connectivity index (χ4v) is 2.37. The molecule has 1 aliphatic rings. The highest BCUT2D eigenvalue weighted by Gasteiger charge is 2.33. The number of aliphatic hydroxyl groups is 1. The molecule has 2 rings (SSSR count). The molecule has 0 amide bonds. The Labute approximate surface area is 97.1 Å². The van der Waals surface area contributed by atoms with Gasteiger partial charge in [-0.2, -0.15) is 0 Å². The van der Waals surface area contributed by atoms with E-state index in [0.717, 1.165) is 31.7 Å². The lowest BCUT2D eigenvalue weighted by Crippen LogP contribution is -2.47. The van der Waals surface area contributed by atoms with Gasteiger partial charge in [0.15, 0.2) is 0 Å². The minimum absolute atomic E-state index is 0.566. The summed E-state index contributed by atoms with van der Waals surface area (Å²) in [7, 11) is 0. The Morgan fingerprint density at radius 1 is 1.44 bits per heavy atom. The minimum Gasteiger partial charge on any atom is -0.469 e. The molecule has 1 aromatic heterocycles. The molecule has 2 heterocycles. The van der Waals surface area contributed by atoms with Crippen LogP contribution >= 0.6 is 0 Å². The van der Waals surface area contributed by atoms with Crippen LogP contribution in [0.15, 0.2) is 22.8 Å². The lowest BCUT2D eigenvalue weighted by Gasteiger charge is -2.39. The molecule has 0 aromatic carbocycles. The van der Waals surface area contributed by atoms with Crippen molar-refractivity contribution >= 4 is 0 Å². The van der Waals surface area contributed by atoms with Crippen LogP contribution in [0.1, 0.15) is 32.4 Å². The first-order valence-electron chi connectivity index (χ1n) is 6.08. The van der Waals surface area contributed by atoms with Crippen LogP contribution in [0.2, 0.25) is 0 Å². The normalized spacial score (nSPS) is 21.5. The van der Waals surface area contributed by atoms with Gasteiger partial charge in [-0.25, -0.2) is 0 Å². The Hall–Kier alpha value is -0.800. The van der Waals surface area contributed by atoms with E-state index in [1.54, 1.807) is 6.26 Å². The molecule has 0 bridgehead atoms. The molecule has 16 heavy (non-hydrogen) atoms. The molecule has 1 saturated heterocycles. The predicted octanol–water partition coefficient (Wildman–Crippen LogP) is 2.06. The van der Waals surface area contributed by atoms with E-state index in [1.165, 1.54) is 0 Å². The first-order chi connectivity index (χ1) is 7.59. The Bertz CT molecular complexity index is 311. The van der Waals surface area contributed by atoms with Crippen LogP contribution < -0.4 is 0 Å². The third-order valence-electron chi connectivity index (χ3n) is 3.54. The summed E-state index contributed by atoms with van der Waals surface area (Å²) in [4.78, 5) is 2.41. The van der Waals surface area contributed by atoms with E-state index in [0.29, 0.717) is 12.5 Å². The highest BCUT2D eigenvalue weighted by atomic mass is 16.3. The van der Waals surface area contributed by atoms with Crippen LogP contribution in [-0.2, 0) is 6.42 Å². The van der Waals surface area contributed by atoms with Crippen LogP contribution in [0.3, 0.4) is 0 Å². The van der Waals surface area contributed by atoms with Gasteiger partial charge < -0.3 is 14.4 Å². The van der Waals surface area contributed by atoms with Gasteiger partial charge in [-0.05, 0) is 38.8 Å². The first-order valence-corrected chi connectivity index (χ1v) is 6.08. The van der Waals surface area contributed by atoms with E-state index in [-0.39, 0.29) is 0 Å². The summed E-state index contributed by atoms with van der Waals surface area (Å²) in [6.07, 6.45) is 3.99. The fourth-order valence-electron chi connectivity index (χ4n) is 2.37. The number of nitrogens with zero attached hydrogens (tertiary/aromatic N) is 1. The molecule has 3 heteroatoms. The summed E-state index contributed by atoms with van der Waals surface area (Å²) >= 11 is 0. The van der Waals surface area contributed by atoms with Gasteiger partial charge in [-0.1, -0.05) is 0 Å². The van der Waals surface area contributed by atoms with Crippen molar-refractivity contribution in [2.24, 2.45) is 0 Å². The Balaban J connectivity index is 1.91. The molecule has 0 radical (unpaired) electrons. The highest BCUT2D eigenvalue weighted by Crippen LogP contribution is 2.27. The number of hydrogen-bond donors (Lipinski definition) is 1. The topological polar surface area (TPSA) is 36.6 Å². The van der Waals surface area contributed by atoms with E-state index < -0.39 is 5.60 Å². The van der Waals surface area contributed by atoms with E-state index >= 15 is 0 Å². The lowest BCUT2D eigenvalue weighted by molar-refractivity contribution is -0.0302. The molecule has 0 aliphatic carbocycles. The Kier molecular flexibility index (Phi) is 3.36. The van der Waals surface area contributed by atoms with Gasteiger partial charge in [0.05, 0.1) is 11.9 Å². The van der Waals surface area contributed by atoms with Crippen LogP contribution in [-0.4, -0.2) is 34.7 Å². The zero-order chi connectivity index (χ0) is 11.6. The zero-order valence-electron chi connectivity index (χ0n) is 10.1. The second kappa shape index (κ2) is 4.60. The number of furan rings is 1. The van der Waals surface area contributed by atoms with Crippen LogP contribution in [0.25, 0.3) is 0 Å². The third kappa shape index (κ3) is 2.66. The summed E-state index contributed by atoms with van der Waals surface area (Å²) in [5.74, 6) is 0.889. The van der Waals surface area contributed by atoms with Crippen molar-refractivity contribution in [1.82, 2.24) is 4.90 Å². The van der Waals surface area contributed by atoms with Gasteiger partial charge in [0.2, 0.25) is 0 Å². The van der Waals surface area contributed by atoms with Gasteiger partial charge in [0.25, 0.3) is 0 Å². The molecule has 3 nitrogen and oxygen atoms in total. The van der Waals surface area contributed by atoms with Crippen molar-refractivity contribution in [3.63, 3.8) is 0 Å².